The molecule has 170 valence electrons. The Morgan fingerprint density at radius 2 is 1.91 bits per heavy atom. The quantitative estimate of drug-likeness (QED) is 0.391. The number of rotatable bonds is 7. The Balaban J connectivity index is 1.53. The monoisotopic (exact) mass is 490 g/mol. The van der Waals surface area contributed by atoms with Crippen molar-refractivity contribution in [2.45, 2.75) is 54.2 Å². The molecule has 1 aromatic carbocycles. The number of benzene rings is 1. The molecule has 1 aliphatic carbocycles. The van der Waals surface area contributed by atoms with Crippen molar-refractivity contribution in [1.82, 2.24) is 14.3 Å². The summed E-state index contributed by atoms with van der Waals surface area (Å²) in [6, 6.07) is 6.24. The highest BCUT2D eigenvalue weighted by Crippen LogP contribution is 2.40. The number of amides is 1. The lowest BCUT2D eigenvalue weighted by molar-refractivity contribution is -0.115. The van der Waals surface area contributed by atoms with Crippen molar-refractivity contribution in [3.8, 4) is 0 Å². The predicted octanol–water partition coefficient (Wildman–Crippen LogP) is 4.33. The lowest BCUT2D eigenvalue weighted by Gasteiger charge is -2.16. The van der Waals surface area contributed by atoms with E-state index in [0.717, 1.165) is 32.4 Å². The summed E-state index contributed by atoms with van der Waals surface area (Å²) in [4.78, 5) is 24.6. The number of carbonyl (C=O) groups excluding carboxylic acids is 1. The molecule has 32 heavy (non-hydrogen) atoms. The minimum Gasteiger partial charge on any atom is -0.325 e. The maximum atomic E-state index is 13.0. The Bertz CT molecular complexity index is 1240. The molecule has 1 aliphatic rings. The minimum atomic E-state index is -3.50. The summed E-state index contributed by atoms with van der Waals surface area (Å²) in [5.74, 6) is -0.128. The zero-order chi connectivity index (χ0) is 22.9. The van der Waals surface area contributed by atoms with Gasteiger partial charge in [-0.15, -0.1) is 11.3 Å². The van der Waals surface area contributed by atoms with Crippen LogP contribution in [0.1, 0.15) is 36.6 Å². The number of thiophene rings is 1. The lowest BCUT2D eigenvalue weighted by atomic mass is 9.97. The fourth-order valence-electron chi connectivity index (χ4n) is 3.75. The van der Waals surface area contributed by atoms with Crippen molar-refractivity contribution < 1.29 is 13.2 Å². The van der Waals surface area contributed by atoms with Gasteiger partial charge in [0.1, 0.15) is 16.2 Å². The zero-order valence-electron chi connectivity index (χ0n) is 18.3. The number of carbonyl (C=O) groups is 1. The minimum absolute atomic E-state index is 0.128. The van der Waals surface area contributed by atoms with Gasteiger partial charge in [0, 0.05) is 30.0 Å². The molecule has 10 heteroatoms. The second-order valence-electron chi connectivity index (χ2n) is 7.89. The van der Waals surface area contributed by atoms with E-state index in [0.29, 0.717) is 12.1 Å². The standard InChI is InChI=1S/C22H26N4O3S3/c1-4-17(20(27)25-14-9-11-15(12-10-14)32(28,29)26(2)3)30-21-19-16-7-5-6-8-18(16)31-22(19)24-13-23-21/h9-13,17H,4-8H2,1-3H3,(H,25,27). The largest absolute Gasteiger partial charge is 0.325 e. The maximum Gasteiger partial charge on any atom is 0.242 e. The molecular weight excluding hydrogens is 464 g/mol. The van der Waals surface area contributed by atoms with Gasteiger partial charge in [0.15, 0.2) is 0 Å². The van der Waals surface area contributed by atoms with Gasteiger partial charge in [-0.05, 0) is 61.9 Å². The molecule has 4 rings (SSSR count). The van der Waals surface area contributed by atoms with Crippen LogP contribution >= 0.6 is 23.1 Å². The molecule has 0 saturated heterocycles. The molecule has 0 bridgehead atoms. The fraction of sp³-hybridized carbons (Fsp3) is 0.409. The number of sulfonamides is 1. The number of nitrogens with zero attached hydrogens (tertiary/aromatic N) is 3. The Labute approximate surface area is 196 Å². The van der Waals surface area contributed by atoms with Crippen LogP contribution < -0.4 is 5.32 Å². The van der Waals surface area contributed by atoms with Gasteiger partial charge in [-0.1, -0.05) is 18.7 Å². The van der Waals surface area contributed by atoms with E-state index in [2.05, 4.69) is 15.3 Å². The SMILES string of the molecule is CCC(Sc1ncnc2sc3c(c12)CCCC3)C(=O)Nc1ccc(S(=O)(=O)N(C)C)cc1. The molecule has 0 spiro atoms. The second kappa shape index (κ2) is 9.46. The first kappa shape index (κ1) is 23.2. The van der Waals surface area contributed by atoms with Gasteiger partial charge >= 0.3 is 0 Å². The highest BCUT2D eigenvalue weighted by atomic mass is 32.2. The van der Waals surface area contributed by atoms with E-state index in [1.165, 1.54) is 61.3 Å². The van der Waals surface area contributed by atoms with Crippen molar-refractivity contribution in [3.63, 3.8) is 0 Å². The molecule has 0 aliphatic heterocycles. The molecular formula is C22H26N4O3S3. The van der Waals surface area contributed by atoms with E-state index in [1.54, 1.807) is 29.8 Å². The van der Waals surface area contributed by atoms with Crippen LogP contribution in [0.25, 0.3) is 10.2 Å². The van der Waals surface area contributed by atoms with Gasteiger partial charge in [-0.25, -0.2) is 22.7 Å². The smallest absolute Gasteiger partial charge is 0.242 e. The number of hydrogen-bond donors (Lipinski definition) is 1. The summed E-state index contributed by atoms with van der Waals surface area (Å²) < 4.78 is 25.6. The second-order valence-corrected chi connectivity index (χ2v) is 12.3. The first-order valence-electron chi connectivity index (χ1n) is 10.6. The summed E-state index contributed by atoms with van der Waals surface area (Å²) in [7, 11) is -0.526. The highest BCUT2D eigenvalue weighted by molar-refractivity contribution is 8.00. The number of aromatic nitrogens is 2. The average Bonchev–Trinajstić information content (AvgIpc) is 3.17. The summed E-state index contributed by atoms with van der Waals surface area (Å²) >= 11 is 3.22. The first-order chi connectivity index (χ1) is 15.3. The van der Waals surface area contributed by atoms with E-state index in [1.807, 2.05) is 6.92 Å². The van der Waals surface area contributed by atoms with Crippen molar-refractivity contribution in [2.75, 3.05) is 19.4 Å². The van der Waals surface area contributed by atoms with Crippen LogP contribution in [0.4, 0.5) is 5.69 Å². The van der Waals surface area contributed by atoms with E-state index in [4.69, 9.17) is 0 Å². The Morgan fingerprint density at radius 3 is 2.59 bits per heavy atom. The molecule has 2 aromatic heterocycles. The van der Waals surface area contributed by atoms with Crippen LogP contribution in [0.15, 0.2) is 40.5 Å². The van der Waals surface area contributed by atoms with Crippen LogP contribution in [0.3, 0.4) is 0 Å². The molecule has 3 aromatic rings. The zero-order valence-corrected chi connectivity index (χ0v) is 20.7. The summed E-state index contributed by atoms with van der Waals surface area (Å²) in [5, 5.41) is 4.57. The fourth-order valence-corrected chi connectivity index (χ4v) is 6.99. The van der Waals surface area contributed by atoms with E-state index in [-0.39, 0.29) is 16.1 Å². The number of fused-ring (bicyclic) bond motifs is 3. The summed E-state index contributed by atoms with van der Waals surface area (Å²) in [6.07, 6.45) is 6.75. The van der Waals surface area contributed by atoms with Crippen molar-refractivity contribution in [3.05, 3.63) is 41.0 Å². The molecule has 1 N–H and O–H groups in total. The third-order valence-corrected chi connectivity index (χ3v) is 9.93. The number of hydrogen-bond acceptors (Lipinski definition) is 7. The summed E-state index contributed by atoms with van der Waals surface area (Å²) in [6.45, 7) is 1.98. The van der Waals surface area contributed by atoms with Crippen LogP contribution in [-0.2, 0) is 27.7 Å². The third kappa shape index (κ3) is 4.54. The molecule has 0 fully saturated rings. The van der Waals surface area contributed by atoms with E-state index < -0.39 is 10.0 Å². The van der Waals surface area contributed by atoms with Gasteiger partial charge in [0.05, 0.1) is 10.1 Å². The normalized spacial score (nSPS) is 15.0. The van der Waals surface area contributed by atoms with Crippen molar-refractivity contribution >= 4 is 54.9 Å². The topological polar surface area (TPSA) is 92.3 Å². The molecule has 1 unspecified atom stereocenters. The Hall–Kier alpha value is -2.01. The van der Waals surface area contributed by atoms with Gasteiger partial charge in [-0.3, -0.25) is 4.79 Å². The first-order valence-corrected chi connectivity index (χ1v) is 13.7. The van der Waals surface area contributed by atoms with Gasteiger partial charge < -0.3 is 5.32 Å². The van der Waals surface area contributed by atoms with Gasteiger partial charge in [0.25, 0.3) is 0 Å². The number of aryl methyl sites for hydroxylation is 2. The molecule has 1 amide bonds. The number of nitrogens with one attached hydrogen (secondary N) is 1. The van der Waals surface area contributed by atoms with E-state index in [9.17, 15) is 13.2 Å². The van der Waals surface area contributed by atoms with Crippen LogP contribution in [-0.4, -0.2) is 47.9 Å². The molecule has 0 saturated carbocycles. The van der Waals surface area contributed by atoms with Gasteiger partial charge in [-0.2, -0.15) is 0 Å². The Kier molecular flexibility index (Phi) is 6.85. The predicted molar refractivity (Wildman–Crippen MR) is 130 cm³/mol. The lowest BCUT2D eigenvalue weighted by Crippen LogP contribution is -2.25. The van der Waals surface area contributed by atoms with Crippen molar-refractivity contribution in [2.24, 2.45) is 0 Å². The molecule has 2 heterocycles. The number of thioether (sulfide) groups is 1. The average molecular weight is 491 g/mol. The maximum absolute atomic E-state index is 13.0. The summed E-state index contributed by atoms with van der Waals surface area (Å²) in [5.41, 5.74) is 1.92. The molecule has 1 atom stereocenters. The van der Waals surface area contributed by atoms with Crippen molar-refractivity contribution in [1.29, 1.82) is 0 Å². The molecule has 7 nitrogen and oxygen atoms in total. The van der Waals surface area contributed by atoms with Crippen LogP contribution in [0, 0.1) is 0 Å². The van der Waals surface area contributed by atoms with Crippen LogP contribution in [0.5, 0.6) is 0 Å². The van der Waals surface area contributed by atoms with Crippen LogP contribution in [0.2, 0.25) is 0 Å². The van der Waals surface area contributed by atoms with E-state index >= 15 is 0 Å². The number of anilines is 1. The van der Waals surface area contributed by atoms with Gasteiger partial charge in [0.2, 0.25) is 15.9 Å². The highest BCUT2D eigenvalue weighted by Gasteiger charge is 2.25. The molecule has 0 radical (unpaired) electrons. The third-order valence-electron chi connectivity index (χ3n) is 5.53. The Morgan fingerprint density at radius 1 is 1.19 bits per heavy atom.